The second kappa shape index (κ2) is 3.16. The Morgan fingerprint density at radius 1 is 1.55 bits per heavy atom. The molecule has 60 valence electrons. The van der Waals surface area contributed by atoms with Crippen molar-refractivity contribution in [2.45, 2.75) is 17.0 Å². The van der Waals surface area contributed by atoms with E-state index in [-0.39, 0.29) is 0 Å². The summed E-state index contributed by atoms with van der Waals surface area (Å²) < 4.78 is 8.87. The van der Waals surface area contributed by atoms with Crippen molar-refractivity contribution in [3.8, 4) is 6.07 Å². The number of nitrogens with zero attached hydrogens (tertiary/aromatic N) is 1. The minimum atomic E-state index is -0.998. The summed E-state index contributed by atoms with van der Waals surface area (Å²) >= 11 is 10.8. The monoisotopic (exact) mass is 195 g/mol. The van der Waals surface area contributed by atoms with Crippen molar-refractivity contribution in [2.24, 2.45) is 0 Å². The van der Waals surface area contributed by atoms with Crippen LogP contribution in [-0.4, -0.2) is 23.2 Å². The van der Waals surface area contributed by atoms with E-state index in [9.17, 15) is 4.79 Å². The fourth-order valence-electron chi connectivity index (χ4n) is 0.655. The van der Waals surface area contributed by atoms with Crippen molar-refractivity contribution in [2.75, 3.05) is 0 Å². The Morgan fingerprint density at radius 2 is 2.18 bits per heavy atom. The van der Waals surface area contributed by atoms with E-state index in [1.54, 1.807) is 6.07 Å². The third kappa shape index (κ3) is 1.67. The number of carbonyl (C=O) groups excluding carboxylic acids is 1. The zero-order chi connectivity index (χ0) is 8.43. The summed E-state index contributed by atoms with van der Waals surface area (Å²) in [6.07, 6.45) is -2.79. The summed E-state index contributed by atoms with van der Waals surface area (Å²) in [5, 5.41) is 8.38. The largest absolute Gasteiger partial charge is 0.510 e. The lowest BCUT2D eigenvalue weighted by Crippen LogP contribution is -2.27. The molecule has 11 heavy (non-hydrogen) atoms. The van der Waals surface area contributed by atoms with Crippen molar-refractivity contribution in [3.05, 3.63) is 0 Å². The van der Waals surface area contributed by atoms with Crippen LogP contribution < -0.4 is 0 Å². The lowest BCUT2D eigenvalue weighted by molar-refractivity contribution is 0.119. The molecule has 6 heteroatoms. The Morgan fingerprint density at radius 3 is 2.55 bits per heavy atom. The molecule has 0 aromatic rings. The number of rotatable bonds is 1. The van der Waals surface area contributed by atoms with Crippen molar-refractivity contribution in [1.29, 1.82) is 5.26 Å². The predicted octanol–water partition coefficient (Wildman–Crippen LogP) is 1.22. The molecule has 0 radical (unpaired) electrons. The number of halogens is 2. The summed E-state index contributed by atoms with van der Waals surface area (Å²) in [4.78, 5) is 9.48. The van der Waals surface area contributed by atoms with Crippen LogP contribution >= 0.6 is 23.2 Å². The van der Waals surface area contributed by atoms with Crippen molar-refractivity contribution in [3.63, 3.8) is 0 Å². The van der Waals surface area contributed by atoms with Gasteiger partial charge in [-0.3, -0.25) is 0 Å². The van der Waals surface area contributed by atoms with Crippen LogP contribution in [0.25, 0.3) is 0 Å². The van der Waals surface area contributed by atoms with Gasteiger partial charge in [0, 0.05) is 0 Å². The zero-order valence-electron chi connectivity index (χ0n) is 5.16. The molecule has 1 saturated heterocycles. The van der Waals surface area contributed by atoms with Gasteiger partial charge in [0.05, 0.1) is 0 Å². The average Bonchev–Trinajstić information content (AvgIpc) is 2.30. The molecule has 1 rings (SSSR count). The first kappa shape index (κ1) is 8.44. The molecule has 2 atom stereocenters. The van der Waals surface area contributed by atoms with Crippen molar-refractivity contribution in [1.82, 2.24) is 0 Å². The first-order chi connectivity index (χ1) is 5.15. The third-order valence-electron chi connectivity index (χ3n) is 1.13. The Hall–Kier alpha value is -0.660. The van der Waals surface area contributed by atoms with E-state index in [0.717, 1.165) is 0 Å². The molecule has 0 amide bonds. The molecular formula is C5H3Cl2NO3. The standard InChI is InChI=1S/C5H3Cl2NO3/c6-4(7)3-2(1-8)10-5(9)11-3/h2-4H/t2-,3+/m0/s1. The normalized spacial score (nSPS) is 29.5. The first-order valence-electron chi connectivity index (χ1n) is 2.70. The van der Waals surface area contributed by atoms with Gasteiger partial charge in [-0.05, 0) is 0 Å². The number of alkyl halides is 2. The summed E-state index contributed by atoms with van der Waals surface area (Å²) in [5.74, 6) is 0. The van der Waals surface area contributed by atoms with E-state index >= 15 is 0 Å². The van der Waals surface area contributed by atoms with Crippen LogP contribution in [0.15, 0.2) is 0 Å². The van der Waals surface area contributed by atoms with Crippen molar-refractivity contribution >= 4 is 29.4 Å². The Kier molecular flexibility index (Phi) is 2.42. The Labute approximate surface area is 72.6 Å². The molecule has 1 aliphatic rings. The first-order valence-corrected chi connectivity index (χ1v) is 3.57. The summed E-state index contributed by atoms with van der Waals surface area (Å²) in [6.45, 7) is 0. The summed E-state index contributed by atoms with van der Waals surface area (Å²) in [5.41, 5.74) is 0. The number of hydrogen-bond acceptors (Lipinski definition) is 4. The van der Waals surface area contributed by atoms with Crippen LogP contribution in [0.4, 0.5) is 4.79 Å². The third-order valence-corrected chi connectivity index (χ3v) is 1.63. The van der Waals surface area contributed by atoms with Gasteiger partial charge in [-0.2, -0.15) is 5.26 Å². The maximum absolute atomic E-state index is 10.4. The second-order valence-corrected chi connectivity index (χ2v) is 3.00. The molecule has 0 aromatic heterocycles. The molecule has 0 bridgehead atoms. The Bertz CT molecular complexity index is 212. The Balaban J connectivity index is 2.66. The molecule has 1 heterocycles. The number of nitriles is 1. The molecule has 0 unspecified atom stereocenters. The van der Waals surface area contributed by atoms with Crippen LogP contribution in [-0.2, 0) is 9.47 Å². The summed E-state index contributed by atoms with van der Waals surface area (Å²) in [7, 11) is 0. The molecule has 0 spiro atoms. The van der Waals surface area contributed by atoms with E-state index in [0.29, 0.717) is 0 Å². The number of ether oxygens (including phenoxy) is 2. The number of carbonyl (C=O) groups is 1. The summed E-state index contributed by atoms with van der Waals surface area (Å²) in [6, 6.07) is 1.69. The van der Waals surface area contributed by atoms with Gasteiger partial charge in [-0.1, -0.05) is 0 Å². The van der Waals surface area contributed by atoms with Gasteiger partial charge in [0.25, 0.3) is 0 Å². The van der Waals surface area contributed by atoms with Crippen molar-refractivity contribution < 1.29 is 14.3 Å². The molecule has 1 fully saturated rings. The minimum Gasteiger partial charge on any atom is -0.423 e. The van der Waals surface area contributed by atoms with Gasteiger partial charge >= 0.3 is 6.16 Å². The highest BCUT2D eigenvalue weighted by Crippen LogP contribution is 2.23. The number of hydrogen-bond donors (Lipinski definition) is 0. The zero-order valence-corrected chi connectivity index (χ0v) is 6.67. The molecular weight excluding hydrogens is 193 g/mol. The lowest BCUT2D eigenvalue weighted by Gasteiger charge is -2.08. The van der Waals surface area contributed by atoms with Crippen LogP contribution in [0, 0.1) is 11.3 Å². The highest BCUT2D eigenvalue weighted by atomic mass is 35.5. The maximum atomic E-state index is 10.4. The molecule has 0 aliphatic carbocycles. The SMILES string of the molecule is N#C[C@@H]1OC(=O)O[C@H]1C(Cl)Cl. The fourth-order valence-corrected chi connectivity index (χ4v) is 1.02. The van der Waals surface area contributed by atoms with Crippen LogP contribution in [0.2, 0.25) is 0 Å². The maximum Gasteiger partial charge on any atom is 0.510 e. The average molecular weight is 196 g/mol. The molecule has 4 nitrogen and oxygen atoms in total. The van der Waals surface area contributed by atoms with E-state index in [4.69, 9.17) is 28.5 Å². The smallest absolute Gasteiger partial charge is 0.423 e. The van der Waals surface area contributed by atoms with Gasteiger partial charge < -0.3 is 9.47 Å². The van der Waals surface area contributed by atoms with E-state index in [1.807, 2.05) is 0 Å². The molecule has 0 N–H and O–H groups in total. The fraction of sp³-hybridized carbons (Fsp3) is 0.600. The lowest BCUT2D eigenvalue weighted by atomic mass is 10.2. The predicted molar refractivity (Wildman–Crippen MR) is 36.2 cm³/mol. The molecule has 0 aromatic carbocycles. The topological polar surface area (TPSA) is 59.3 Å². The quantitative estimate of drug-likeness (QED) is 0.467. The van der Waals surface area contributed by atoms with Gasteiger partial charge in [0.1, 0.15) is 10.9 Å². The van der Waals surface area contributed by atoms with Crippen LogP contribution in [0.3, 0.4) is 0 Å². The van der Waals surface area contributed by atoms with Gasteiger partial charge in [-0.15, -0.1) is 23.2 Å². The molecule has 0 saturated carbocycles. The van der Waals surface area contributed by atoms with Gasteiger partial charge in [0.2, 0.25) is 6.10 Å². The molecule has 1 aliphatic heterocycles. The highest BCUT2D eigenvalue weighted by molar-refractivity contribution is 6.44. The number of cyclic esters (lactones) is 2. The van der Waals surface area contributed by atoms with E-state index < -0.39 is 23.2 Å². The van der Waals surface area contributed by atoms with Crippen LogP contribution in [0.5, 0.6) is 0 Å². The van der Waals surface area contributed by atoms with E-state index in [2.05, 4.69) is 9.47 Å². The van der Waals surface area contributed by atoms with Crippen LogP contribution in [0.1, 0.15) is 0 Å². The highest BCUT2D eigenvalue weighted by Gasteiger charge is 2.40. The van der Waals surface area contributed by atoms with Gasteiger partial charge in [0.15, 0.2) is 6.10 Å². The minimum absolute atomic E-state index is 0.879. The van der Waals surface area contributed by atoms with E-state index in [1.165, 1.54) is 0 Å². The second-order valence-electron chi connectivity index (χ2n) is 1.83. The van der Waals surface area contributed by atoms with Gasteiger partial charge in [-0.25, -0.2) is 4.79 Å².